The number of fused-ring (bicyclic) bond motifs is 24. The second-order valence-corrected chi connectivity index (χ2v) is 33.9. The molecule has 0 atom stereocenters. The molecule has 0 saturated heterocycles. The highest BCUT2D eigenvalue weighted by Gasteiger charge is 2.42. The van der Waals surface area contributed by atoms with Crippen molar-refractivity contribution in [1.29, 1.82) is 0 Å². The van der Waals surface area contributed by atoms with Gasteiger partial charge in [-0.1, -0.05) is 306 Å². The van der Waals surface area contributed by atoms with Gasteiger partial charge in [0.05, 0.1) is 49.7 Å². The zero-order valence-electron chi connectivity index (χ0n) is 64.4. The van der Waals surface area contributed by atoms with Crippen LogP contribution < -0.4 is 0 Å². The molecule has 2 aliphatic carbocycles. The van der Waals surface area contributed by atoms with E-state index < -0.39 is 5.41 Å². The third-order valence-corrected chi connectivity index (χ3v) is 27.0. The van der Waals surface area contributed by atoms with Crippen LogP contribution in [-0.2, 0) is 10.8 Å². The Kier molecular flexibility index (Phi) is 13.9. The first kappa shape index (κ1) is 66.0. The van der Waals surface area contributed by atoms with E-state index >= 15 is 0 Å². The predicted molar refractivity (Wildman–Crippen MR) is 486 cm³/mol. The maximum atomic E-state index is 5.84. The first-order valence-corrected chi connectivity index (χ1v) is 41.2. The van der Waals surface area contributed by atoms with Gasteiger partial charge in [-0.05, 0) is 178 Å². The fourth-order valence-corrected chi connectivity index (χ4v) is 21.9. The average molecular weight is 1510 g/mol. The molecule has 7 nitrogen and oxygen atoms in total. The summed E-state index contributed by atoms with van der Waals surface area (Å²) >= 11 is 1.79. The van der Waals surface area contributed by atoms with Gasteiger partial charge < -0.3 is 9.13 Å². The molecule has 0 N–H and O–H groups in total. The molecular formula is C109H69N7S. The summed E-state index contributed by atoms with van der Waals surface area (Å²) in [4.78, 5) is 29.8. The van der Waals surface area contributed by atoms with Crippen LogP contribution in [0.2, 0.25) is 0 Å². The van der Waals surface area contributed by atoms with Crippen LogP contribution in [0.3, 0.4) is 0 Å². The van der Waals surface area contributed by atoms with Crippen molar-refractivity contribution in [2.24, 2.45) is 0 Å². The molecule has 0 amide bonds. The van der Waals surface area contributed by atoms with Crippen molar-refractivity contribution in [3.05, 3.63) is 368 Å². The molecule has 22 aromatic rings. The lowest BCUT2D eigenvalue weighted by Gasteiger charge is -2.25. The number of para-hydroxylation sites is 2. The Morgan fingerprint density at radius 3 is 1.39 bits per heavy atom. The van der Waals surface area contributed by atoms with Gasteiger partial charge in [0.25, 0.3) is 0 Å². The van der Waals surface area contributed by atoms with E-state index in [2.05, 4.69) is 346 Å². The van der Waals surface area contributed by atoms with Gasteiger partial charge in [-0.3, -0.25) is 0 Å². The standard InChI is InChI=1S/C109H69N7S/c1-108(2)86-60-92-83(58-82(86)77-51-50-62-28-14-16-38-69(62)99(77)108)73-42-22-24-47-88(73)115(92)90-54-52-79-95-78(90)46-27-49-94(95)117-103-101(63-29-8-5-9-30-63)110-106(111-102(79)103)68-37-26-36-66(56-68)81-57-67-35-15-17-39-70(67)100-97(81)85-59-84-74-43-23-25-48-89(74)116(93(84)61-87(85)109(100,3)4)91-55-53-80(96-75-44-20-18-40-71(75)72-41-19-21-45-76(72)98(91)96)107-113-104(64-31-10-6-11-32-64)112-105(114-107)65-33-12-7-13-34-65/h5-61H,1-4H3. The van der Waals surface area contributed by atoms with Gasteiger partial charge >= 0.3 is 0 Å². The molecule has 0 bridgehead atoms. The number of rotatable bonds is 8. The van der Waals surface area contributed by atoms with Gasteiger partial charge in [-0.15, -0.1) is 0 Å². The molecule has 546 valence electrons. The maximum absolute atomic E-state index is 5.84. The fourth-order valence-electron chi connectivity index (χ4n) is 20.7. The van der Waals surface area contributed by atoms with E-state index in [1.54, 1.807) is 11.8 Å². The SMILES string of the molecule is CC1(C)c2cc3c(cc2-c2ccc4ccccc4c21)c1ccccc1n3-c1ccc2c3c(cccc13)Sc1c(-c3ccccc3)nc(-c3cccc(-c4cc5ccccc5c5c4-c4cc6c7ccccc7n(-c7ccc(-c8nc(-c9ccccc9)nc(-c9ccccc9)n8)c8c9ccccc9c9ccccc9c78)c6cc4C5(C)C)c3)nc1-2. The van der Waals surface area contributed by atoms with Gasteiger partial charge in [0.2, 0.25) is 0 Å². The van der Waals surface area contributed by atoms with E-state index in [0.717, 1.165) is 99.2 Å². The molecule has 117 heavy (non-hydrogen) atoms. The van der Waals surface area contributed by atoms with Crippen LogP contribution in [0.15, 0.2) is 356 Å². The quantitative estimate of drug-likeness (QED) is 0.141. The average Bonchev–Trinajstić information content (AvgIpc) is 1.58. The summed E-state index contributed by atoms with van der Waals surface area (Å²) < 4.78 is 5.09. The second-order valence-electron chi connectivity index (χ2n) is 32.8. The van der Waals surface area contributed by atoms with Gasteiger partial charge in [0.1, 0.15) is 0 Å². The first-order chi connectivity index (χ1) is 57.6. The van der Waals surface area contributed by atoms with Gasteiger partial charge in [0.15, 0.2) is 23.3 Å². The molecule has 5 heterocycles. The van der Waals surface area contributed by atoms with Crippen LogP contribution in [-0.4, -0.2) is 34.1 Å². The van der Waals surface area contributed by atoms with Crippen LogP contribution in [0.5, 0.6) is 0 Å². The summed E-state index contributed by atoms with van der Waals surface area (Å²) in [5, 5.41) is 19.1. The second kappa shape index (κ2) is 24.5. The lowest BCUT2D eigenvalue weighted by Crippen LogP contribution is -2.16. The zero-order valence-corrected chi connectivity index (χ0v) is 65.3. The van der Waals surface area contributed by atoms with Crippen molar-refractivity contribution < 1.29 is 0 Å². The van der Waals surface area contributed by atoms with E-state index in [1.807, 2.05) is 36.4 Å². The van der Waals surface area contributed by atoms with Crippen LogP contribution in [0.25, 0.3) is 221 Å². The summed E-state index contributed by atoms with van der Waals surface area (Å²) in [6, 6.07) is 127. The highest BCUT2D eigenvalue weighted by molar-refractivity contribution is 8.00. The van der Waals surface area contributed by atoms with Crippen LogP contribution in [0.4, 0.5) is 0 Å². The van der Waals surface area contributed by atoms with Gasteiger partial charge in [0, 0.05) is 92.2 Å². The zero-order chi connectivity index (χ0) is 77.3. The number of hydrogen-bond acceptors (Lipinski definition) is 6. The largest absolute Gasteiger partial charge is 0.309 e. The highest BCUT2D eigenvalue weighted by atomic mass is 32.2. The van der Waals surface area contributed by atoms with Crippen molar-refractivity contribution >= 4 is 120 Å². The van der Waals surface area contributed by atoms with E-state index in [4.69, 9.17) is 24.9 Å². The third kappa shape index (κ3) is 9.44. The van der Waals surface area contributed by atoms with E-state index in [-0.39, 0.29) is 5.41 Å². The molecule has 0 radical (unpaired) electrons. The molecular weight excluding hydrogens is 1440 g/mol. The van der Waals surface area contributed by atoms with Gasteiger partial charge in [-0.25, -0.2) is 24.9 Å². The maximum Gasteiger partial charge on any atom is 0.164 e. The van der Waals surface area contributed by atoms with E-state index in [1.165, 1.54) is 131 Å². The minimum atomic E-state index is -0.449. The monoisotopic (exact) mass is 1510 g/mol. The molecule has 8 heteroatoms. The highest BCUT2D eigenvalue weighted by Crippen LogP contribution is 2.60. The van der Waals surface area contributed by atoms with E-state index in [0.29, 0.717) is 23.3 Å². The minimum absolute atomic E-state index is 0.227. The molecule has 3 aliphatic rings. The molecule has 4 aromatic heterocycles. The predicted octanol–water partition coefficient (Wildman–Crippen LogP) is 28.5. The number of aromatic nitrogens is 7. The summed E-state index contributed by atoms with van der Waals surface area (Å²) in [6.07, 6.45) is 0. The molecule has 0 unspecified atom stereocenters. The van der Waals surface area contributed by atoms with Crippen LogP contribution in [0.1, 0.15) is 49.9 Å². The molecule has 0 spiro atoms. The summed E-state index contributed by atoms with van der Waals surface area (Å²) in [7, 11) is 0. The molecule has 1 aliphatic heterocycles. The first-order valence-electron chi connectivity index (χ1n) is 40.4. The summed E-state index contributed by atoms with van der Waals surface area (Å²) in [5.41, 5.74) is 26.7. The Balaban J connectivity index is 0.664. The number of hydrogen-bond donors (Lipinski definition) is 0. The van der Waals surface area contributed by atoms with E-state index in [9.17, 15) is 0 Å². The van der Waals surface area contributed by atoms with Crippen molar-refractivity contribution in [1.82, 2.24) is 34.1 Å². The molecule has 25 rings (SSSR count). The van der Waals surface area contributed by atoms with Gasteiger partial charge in [-0.2, -0.15) is 0 Å². The lowest BCUT2D eigenvalue weighted by molar-refractivity contribution is 0.666. The number of nitrogens with zero attached hydrogens (tertiary/aromatic N) is 7. The molecule has 0 fully saturated rings. The topological polar surface area (TPSA) is 74.3 Å². The molecule has 18 aromatic carbocycles. The van der Waals surface area contributed by atoms with Crippen molar-refractivity contribution in [2.75, 3.05) is 0 Å². The normalized spacial score (nSPS) is 13.6. The Bertz CT molecular complexity index is 8100. The Labute approximate surface area is 678 Å². The Morgan fingerprint density at radius 2 is 0.718 bits per heavy atom. The Morgan fingerprint density at radius 1 is 0.248 bits per heavy atom. The lowest BCUT2D eigenvalue weighted by atomic mass is 9.79. The molecule has 0 saturated carbocycles. The third-order valence-electron chi connectivity index (χ3n) is 25.8. The van der Waals surface area contributed by atoms with Crippen molar-refractivity contribution in [3.63, 3.8) is 0 Å². The summed E-state index contributed by atoms with van der Waals surface area (Å²) in [5.74, 6) is 2.53. The van der Waals surface area contributed by atoms with Crippen molar-refractivity contribution in [2.45, 2.75) is 48.3 Å². The van der Waals surface area contributed by atoms with Crippen LogP contribution in [0, 0.1) is 0 Å². The van der Waals surface area contributed by atoms with Crippen molar-refractivity contribution in [3.8, 4) is 113 Å². The Hall–Kier alpha value is -14.4. The fraction of sp³-hybridized carbons (Fsp3) is 0.0550. The minimum Gasteiger partial charge on any atom is -0.309 e. The summed E-state index contributed by atoms with van der Waals surface area (Å²) in [6.45, 7) is 9.71. The van der Waals surface area contributed by atoms with Crippen LogP contribution >= 0.6 is 11.8 Å². The number of benzene rings is 18. The smallest absolute Gasteiger partial charge is 0.164 e.